The summed E-state index contributed by atoms with van der Waals surface area (Å²) in [5, 5.41) is 3.63. The first kappa shape index (κ1) is 15.1. The minimum atomic E-state index is 0.545. The molecule has 2 atom stereocenters. The van der Waals surface area contributed by atoms with Crippen molar-refractivity contribution >= 4 is 0 Å². The standard InChI is InChI=1S/C19H30N2/c1-15-6-7-18(12-16(15)2)17(3)21-11-5-9-19(14-21)8-4-10-20-13-19/h6-7,12,17,20H,4-5,8-11,13-14H2,1-3H3. The van der Waals surface area contributed by atoms with Gasteiger partial charge in [-0.3, -0.25) is 4.90 Å². The monoisotopic (exact) mass is 286 g/mol. The second-order valence-corrected chi connectivity index (χ2v) is 7.37. The number of rotatable bonds is 2. The number of piperidine rings is 2. The van der Waals surface area contributed by atoms with Gasteiger partial charge in [0, 0.05) is 19.1 Å². The van der Waals surface area contributed by atoms with E-state index < -0.39 is 0 Å². The summed E-state index contributed by atoms with van der Waals surface area (Å²) in [6.45, 7) is 11.8. The lowest BCUT2D eigenvalue weighted by molar-refractivity contribution is 0.0415. The summed E-state index contributed by atoms with van der Waals surface area (Å²) < 4.78 is 0. The fraction of sp³-hybridized carbons (Fsp3) is 0.684. The number of aryl methyl sites for hydroxylation is 2. The van der Waals surface area contributed by atoms with Gasteiger partial charge in [-0.1, -0.05) is 18.2 Å². The van der Waals surface area contributed by atoms with E-state index in [1.54, 1.807) is 0 Å². The maximum atomic E-state index is 3.63. The second kappa shape index (κ2) is 6.10. The van der Waals surface area contributed by atoms with Crippen LogP contribution in [0.1, 0.15) is 55.3 Å². The SMILES string of the molecule is Cc1ccc(C(C)N2CCCC3(CCCNC3)C2)cc1C. The predicted molar refractivity (Wildman–Crippen MR) is 89.7 cm³/mol. The first-order valence-corrected chi connectivity index (χ1v) is 8.62. The van der Waals surface area contributed by atoms with E-state index in [4.69, 9.17) is 0 Å². The third-order valence-electron chi connectivity index (χ3n) is 5.81. The summed E-state index contributed by atoms with van der Waals surface area (Å²) >= 11 is 0. The molecule has 2 unspecified atom stereocenters. The van der Waals surface area contributed by atoms with Gasteiger partial charge in [0.25, 0.3) is 0 Å². The van der Waals surface area contributed by atoms with Gasteiger partial charge in [0.2, 0.25) is 0 Å². The van der Waals surface area contributed by atoms with E-state index in [9.17, 15) is 0 Å². The van der Waals surface area contributed by atoms with E-state index in [0.29, 0.717) is 11.5 Å². The maximum Gasteiger partial charge on any atom is 0.0320 e. The summed E-state index contributed by atoms with van der Waals surface area (Å²) in [5.41, 5.74) is 4.85. The van der Waals surface area contributed by atoms with E-state index in [1.165, 1.54) is 68.6 Å². The summed E-state index contributed by atoms with van der Waals surface area (Å²) in [7, 11) is 0. The number of hydrogen-bond donors (Lipinski definition) is 1. The lowest BCUT2D eigenvalue weighted by Crippen LogP contribution is -2.51. The molecule has 21 heavy (non-hydrogen) atoms. The molecule has 2 aliphatic rings. The number of nitrogens with one attached hydrogen (secondary N) is 1. The van der Waals surface area contributed by atoms with Crippen LogP contribution in [-0.4, -0.2) is 31.1 Å². The van der Waals surface area contributed by atoms with Crippen molar-refractivity contribution in [1.29, 1.82) is 0 Å². The van der Waals surface area contributed by atoms with E-state index in [2.05, 4.69) is 49.2 Å². The lowest BCUT2D eigenvalue weighted by Gasteiger charge is -2.47. The summed E-state index contributed by atoms with van der Waals surface area (Å²) in [4.78, 5) is 2.72. The van der Waals surface area contributed by atoms with Crippen LogP contribution in [0, 0.1) is 19.3 Å². The van der Waals surface area contributed by atoms with Crippen molar-refractivity contribution in [2.45, 2.75) is 52.5 Å². The molecule has 1 aromatic rings. The van der Waals surface area contributed by atoms with Gasteiger partial charge >= 0.3 is 0 Å². The van der Waals surface area contributed by atoms with Gasteiger partial charge in [-0.2, -0.15) is 0 Å². The van der Waals surface area contributed by atoms with Crippen molar-refractivity contribution in [2.75, 3.05) is 26.2 Å². The number of likely N-dealkylation sites (tertiary alicyclic amines) is 1. The lowest BCUT2D eigenvalue weighted by atomic mass is 9.74. The van der Waals surface area contributed by atoms with Crippen molar-refractivity contribution in [1.82, 2.24) is 10.2 Å². The Morgan fingerprint density at radius 2 is 1.95 bits per heavy atom. The molecule has 3 rings (SSSR count). The van der Waals surface area contributed by atoms with Crippen LogP contribution in [0.5, 0.6) is 0 Å². The van der Waals surface area contributed by atoms with Gasteiger partial charge in [-0.25, -0.2) is 0 Å². The predicted octanol–water partition coefficient (Wildman–Crippen LogP) is 3.83. The van der Waals surface area contributed by atoms with Gasteiger partial charge in [-0.15, -0.1) is 0 Å². The fourth-order valence-corrected chi connectivity index (χ4v) is 4.19. The number of benzene rings is 1. The van der Waals surface area contributed by atoms with E-state index in [-0.39, 0.29) is 0 Å². The third-order valence-corrected chi connectivity index (χ3v) is 5.81. The Morgan fingerprint density at radius 1 is 1.14 bits per heavy atom. The summed E-state index contributed by atoms with van der Waals surface area (Å²) in [6, 6.07) is 7.54. The molecule has 1 aromatic carbocycles. The molecule has 116 valence electrons. The molecule has 0 aromatic heterocycles. The molecule has 0 radical (unpaired) electrons. The average molecular weight is 286 g/mol. The van der Waals surface area contributed by atoms with Crippen LogP contribution < -0.4 is 5.32 Å². The topological polar surface area (TPSA) is 15.3 Å². The van der Waals surface area contributed by atoms with Gasteiger partial charge in [0.05, 0.1) is 0 Å². The zero-order valence-electron chi connectivity index (χ0n) is 13.9. The van der Waals surface area contributed by atoms with Crippen LogP contribution in [-0.2, 0) is 0 Å². The Hall–Kier alpha value is -0.860. The highest BCUT2D eigenvalue weighted by molar-refractivity contribution is 5.31. The minimum Gasteiger partial charge on any atom is -0.316 e. The van der Waals surface area contributed by atoms with Crippen LogP contribution in [0.2, 0.25) is 0 Å². The van der Waals surface area contributed by atoms with E-state index >= 15 is 0 Å². The molecule has 2 aliphatic heterocycles. The van der Waals surface area contributed by atoms with Crippen molar-refractivity contribution in [3.05, 3.63) is 34.9 Å². The zero-order valence-corrected chi connectivity index (χ0v) is 13.9. The van der Waals surface area contributed by atoms with Gasteiger partial charge < -0.3 is 5.32 Å². The van der Waals surface area contributed by atoms with Gasteiger partial charge in [-0.05, 0) is 81.6 Å². The summed E-state index contributed by atoms with van der Waals surface area (Å²) in [6.07, 6.45) is 5.54. The molecule has 2 nitrogen and oxygen atoms in total. The highest BCUT2D eigenvalue weighted by Crippen LogP contribution is 2.38. The molecule has 0 bridgehead atoms. The van der Waals surface area contributed by atoms with E-state index in [0.717, 1.165) is 0 Å². The van der Waals surface area contributed by atoms with Crippen molar-refractivity contribution in [3.8, 4) is 0 Å². The Bertz CT molecular complexity index is 483. The molecule has 0 aliphatic carbocycles. The first-order valence-electron chi connectivity index (χ1n) is 8.62. The zero-order chi connectivity index (χ0) is 14.9. The van der Waals surface area contributed by atoms with Crippen molar-refractivity contribution in [2.24, 2.45) is 5.41 Å². The number of hydrogen-bond acceptors (Lipinski definition) is 2. The molecular formula is C19H30N2. The smallest absolute Gasteiger partial charge is 0.0320 e. The maximum absolute atomic E-state index is 3.63. The molecule has 2 fully saturated rings. The molecule has 2 heterocycles. The van der Waals surface area contributed by atoms with Crippen molar-refractivity contribution < 1.29 is 0 Å². The molecule has 0 amide bonds. The van der Waals surface area contributed by atoms with Gasteiger partial charge in [0.15, 0.2) is 0 Å². The van der Waals surface area contributed by atoms with Crippen LogP contribution in [0.15, 0.2) is 18.2 Å². The van der Waals surface area contributed by atoms with Crippen LogP contribution in [0.25, 0.3) is 0 Å². The van der Waals surface area contributed by atoms with E-state index in [1.807, 2.05) is 0 Å². The Kier molecular flexibility index (Phi) is 4.37. The molecule has 1 spiro atoms. The number of nitrogens with zero attached hydrogens (tertiary/aromatic N) is 1. The molecule has 1 N–H and O–H groups in total. The fourth-order valence-electron chi connectivity index (χ4n) is 4.19. The molecular weight excluding hydrogens is 256 g/mol. The minimum absolute atomic E-state index is 0.545. The highest BCUT2D eigenvalue weighted by Gasteiger charge is 2.37. The second-order valence-electron chi connectivity index (χ2n) is 7.37. The molecule has 2 saturated heterocycles. The highest BCUT2D eigenvalue weighted by atomic mass is 15.2. The van der Waals surface area contributed by atoms with Crippen LogP contribution in [0.4, 0.5) is 0 Å². The summed E-state index contributed by atoms with van der Waals surface area (Å²) in [5.74, 6) is 0. The Labute approximate surface area is 129 Å². The third kappa shape index (κ3) is 3.17. The largest absolute Gasteiger partial charge is 0.316 e. The Balaban J connectivity index is 1.74. The van der Waals surface area contributed by atoms with Crippen LogP contribution >= 0.6 is 0 Å². The first-order chi connectivity index (χ1) is 10.1. The van der Waals surface area contributed by atoms with Gasteiger partial charge in [0.1, 0.15) is 0 Å². The molecule has 0 saturated carbocycles. The normalized spacial score (nSPS) is 28.7. The Morgan fingerprint density at radius 3 is 2.67 bits per heavy atom. The molecule has 2 heteroatoms. The average Bonchev–Trinajstić information content (AvgIpc) is 2.50. The van der Waals surface area contributed by atoms with Crippen LogP contribution in [0.3, 0.4) is 0 Å². The van der Waals surface area contributed by atoms with Crippen molar-refractivity contribution in [3.63, 3.8) is 0 Å². The quantitative estimate of drug-likeness (QED) is 0.889.